The molecule has 20 heavy (non-hydrogen) atoms. The predicted molar refractivity (Wildman–Crippen MR) is 75.9 cm³/mol. The molecule has 1 aliphatic rings. The van der Waals surface area contributed by atoms with Gasteiger partial charge in [0.1, 0.15) is 0 Å². The Morgan fingerprint density at radius 3 is 2.90 bits per heavy atom. The van der Waals surface area contributed by atoms with E-state index in [1.807, 2.05) is 30.3 Å². The summed E-state index contributed by atoms with van der Waals surface area (Å²) in [5, 5.41) is 0. The van der Waals surface area contributed by atoms with E-state index in [0.717, 1.165) is 11.4 Å². The highest BCUT2D eigenvalue weighted by atomic mass is 32.2. The van der Waals surface area contributed by atoms with Crippen LogP contribution in [0.15, 0.2) is 35.2 Å². The molecule has 1 heterocycles. The number of carbonyl (C=O) groups excluding carboxylic acids is 1. The smallest absolute Gasteiger partial charge is 0.336 e. The number of benzene rings is 1. The zero-order chi connectivity index (χ0) is 14.4. The molecular weight excluding hydrogens is 278 g/mol. The van der Waals surface area contributed by atoms with Crippen molar-refractivity contribution in [2.75, 3.05) is 39.1 Å². The van der Waals surface area contributed by atoms with Crippen LogP contribution in [-0.4, -0.2) is 60.3 Å². The number of esters is 1. The van der Waals surface area contributed by atoms with E-state index in [9.17, 15) is 9.00 Å². The highest BCUT2D eigenvalue weighted by Crippen LogP contribution is 2.09. The second kappa shape index (κ2) is 7.52. The topological polar surface area (TPSA) is 55.8 Å². The molecule has 2 atom stereocenters. The van der Waals surface area contributed by atoms with Crippen molar-refractivity contribution in [2.45, 2.75) is 11.0 Å². The fourth-order valence-corrected chi connectivity index (χ4v) is 3.20. The molecule has 1 saturated heterocycles. The molecule has 1 aromatic rings. The van der Waals surface area contributed by atoms with E-state index in [1.54, 1.807) is 0 Å². The van der Waals surface area contributed by atoms with Gasteiger partial charge in [-0.15, -0.1) is 0 Å². The Balaban J connectivity index is 1.82. The average molecular weight is 297 g/mol. The first-order valence-corrected chi connectivity index (χ1v) is 7.88. The molecule has 2 rings (SSSR count). The molecule has 5 nitrogen and oxygen atoms in total. The van der Waals surface area contributed by atoms with Gasteiger partial charge in [0.25, 0.3) is 0 Å². The second-order valence-electron chi connectivity index (χ2n) is 4.55. The first kappa shape index (κ1) is 15.2. The van der Waals surface area contributed by atoms with Gasteiger partial charge >= 0.3 is 5.97 Å². The number of hydrogen-bond acceptors (Lipinski definition) is 5. The maximum absolute atomic E-state index is 12.1. The van der Waals surface area contributed by atoms with E-state index >= 15 is 0 Å². The lowest BCUT2D eigenvalue weighted by molar-refractivity contribution is -0.159. The van der Waals surface area contributed by atoms with E-state index in [2.05, 4.69) is 9.64 Å². The van der Waals surface area contributed by atoms with Crippen LogP contribution in [-0.2, 0) is 25.1 Å². The highest BCUT2D eigenvalue weighted by molar-refractivity contribution is 7.85. The first-order valence-electron chi connectivity index (χ1n) is 6.56. The quantitative estimate of drug-likeness (QED) is 0.748. The molecule has 1 fully saturated rings. The van der Waals surface area contributed by atoms with Gasteiger partial charge in [0.2, 0.25) is 0 Å². The Labute approximate surface area is 121 Å². The lowest BCUT2D eigenvalue weighted by Gasteiger charge is -2.31. The van der Waals surface area contributed by atoms with Crippen LogP contribution >= 0.6 is 0 Å². The van der Waals surface area contributed by atoms with Gasteiger partial charge in [0.15, 0.2) is 6.10 Å². The Morgan fingerprint density at radius 1 is 1.45 bits per heavy atom. The molecule has 0 N–H and O–H groups in total. The van der Waals surface area contributed by atoms with Crippen molar-refractivity contribution in [3.05, 3.63) is 30.3 Å². The van der Waals surface area contributed by atoms with E-state index in [-0.39, 0.29) is 5.97 Å². The summed E-state index contributed by atoms with van der Waals surface area (Å²) in [5.41, 5.74) is 0. The normalized spacial score (nSPS) is 21.4. The molecule has 0 bridgehead atoms. The lowest BCUT2D eigenvalue weighted by Crippen LogP contribution is -2.47. The summed E-state index contributed by atoms with van der Waals surface area (Å²) < 4.78 is 22.2. The maximum Gasteiger partial charge on any atom is 0.336 e. The van der Waals surface area contributed by atoms with Crippen LogP contribution in [0.5, 0.6) is 0 Å². The Hall–Kier alpha value is -1.24. The van der Waals surface area contributed by atoms with Gasteiger partial charge in [-0.3, -0.25) is 9.11 Å². The number of methoxy groups -OCH3 is 1. The van der Waals surface area contributed by atoms with Crippen LogP contribution in [0.25, 0.3) is 0 Å². The Bertz CT molecular complexity index is 466. The van der Waals surface area contributed by atoms with Gasteiger partial charge in [-0.1, -0.05) is 18.2 Å². The molecule has 0 amide bonds. The molecule has 1 aromatic carbocycles. The summed E-state index contributed by atoms with van der Waals surface area (Å²) >= 11 is 0. The molecule has 0 aromatic heterocycles. The van der Waals surface area contributed by atoms with Crippen LogP contribution in [0.1, 0.15) is 0 Å². The summed E-state index contributed by atoms with van der Waals surface area (Å²) in [6.07, 6.45) is -0.529. The van der Waals surface area contributed by atoms with E-state index < -0.39 is 16.9 Å². The number of morpholine rings is 1. The first-order chi connectivity index (χ1) is 9.70. The zero-order valence-corrected chi connectivity index (χ0v) is 12.3. The number of carbonyl (C=O) groups is 1. The number of nitrogens with zero attached hydrogens (tertiary/aromatic N) is 1. The van der Waals surface area contributed by atoms with Crippen LogP contribution < -0.4 is 0 Å². The van der Waals surface area contributed by atoms with E-state index in [1.165, 1.54) is 7.11 Å². The number of rotatable bonds is 5. The minimum Gasteiger partial charge on any atom is -0.467 e. The number of hydrogen-bond donors (Lipinski definition) is 0. The third-order valence-corrected chi connectivity index (χ3v) is 4.56. The minimum atomic E-state index is -1.01. The summed E-state index contributed by atoms with van der Waals surface area (Å²) in [4.78, 5) is 14.4. The predicted octanol–water partition coefficient (Wildman–Crippen LogP) is 0.668. The largest absolute Gasteiger partial charge is 0.467 e. The average Bonchev–Trinajstić information content (AvgIpc) is 2.53. The monoisotopic (exact) mass is 297 g/mol. The highest BCUT2D eigenvalue weighted by Gasteiger charge is 2.27. The summed E-state index contributed by atoms with van der Waals surface area (Å²) in [7, 11) is 0.349. The molecule has 6 heteroatoms. The van der Waals surface area contributed by atoms with Crippen LogP contribution in [0, 0.1) is 0 Å². The third kappa shape index (κ3) is 4.13. The lowest BCUT2D eigenvalue weighted by atomic mass is 10.3. The molecule has 1 aliphatic heterocycles. The minimum absolute atomic E-state index is 0.348. The Kier molecular flexibility index (Phi) is 5.70. The summed E-state index contributed by atoms with van der Waals surface area (Å²) in [6.45, 7) is 2.42. The van der Waals surface area contributed by atoms with Crippen molar-refractivity contribution >= 4 is 16.8 Å². The van der Waals surface area contributed by atoms with Crippen LogP contribution in [0.4, 0.5) is 0 Å². The van der Waals surface area contributed by atoms with Crippen molar-refractivity contribution in [1.82, 2.24) is 4.90 Å². The van der Waals surface area contributed by atoms with Crippen molar-refractivity contribution < 1.29 is 18.5 Å². The summed E-state index contributed by atoms with van der Waals surface area (Å²) in [5.74, 6) is 0.205. The molecular formula is C14H19NO4S. The van der Waals surface area contributed by atoms with Gasteiger partial charge in [0.05, 0.1) is 24.5 Å². The third-order valence-electron chi connectivity index (χ3n) is 3.21. The fraction of sp³-hybridized carbons (Fsp3) is 0.500. The molecule has 0 spiro atoms. The molecule has 0 unspecified atom stereocenters. The van der Waals surface area contributed by atoms with Gasteiger partial charge in [-0.25, -0.2) is 4.79 Å². The van der Waals surface area contributed by atoms with Crippen molar-refractivity contribution in [1.29, 1.82) is 0 Å². The van der Waals surface area contributed by atoms with Crippen molar-refractivity contribution in [2.24, 2.45) is 0 Å². The second-order valence-corrected chi connectivity index (χ2v) is 6.12. The van der Waals surface area contributed by atoms with Crippen LogP contribution in [0.3, 0.4) is 0 Å². The molecule has 0 radical (unpaired) electrons. The standard InChI is InChI=1S/C14H19NO4S/c1-18-14(16)13-11-15(7-9-19-13)8-10-20(17)12-5-3-2-4-6-12/h2-6,13H,7-11H2,1H3/t13-,20+/m0/s1. The summed E-state index contributed by atoms with van der Waals surface area (Å²) in [6, 6.07) is 9.41. The molecule has 110 valence electrons. The molecule has 0 aliphatic carbocycles. The van der Waals surface area contributed by atoms with E-state index in [4.69, 9.17) is 4.74 Å². The van der Waals surface area contributed by atoms with Crippen molar-refractivity contribution in [3.63, 3.8) is 0 Å². The van der Waals surface area contributed by atoms with Gasteiger partial charge in [-0.2, -0.15) is 0 Å². The SMILES string of the molecule is COC(=O)[C@@H]1CN(CC[S@@](=O)c2ccccc2)CCO1. The van der Waals surface area contributed by atoms with Crippen LogP contribution in [0.2, 0.25) is 0 Å². The van der Waals surface area contributed by atoms with Gasteiger partial charge in [-0.05, 0) is 12.1 Å². The fourth-order valence-electron chi connectivity index (χ4n) is 2.08. The van der Waals surface area contributed by atoms with Gasteiger partial charge < -0.3 is 9.47 Å². The maximum atomic E-state index is 12.1. The van der Waals surface area contributed by atoms with Gasteiger partial charge in [0, 0.05) is 30.3 Å². The zero-order valence-electron chi connectivity index (χ0n) is 11.5. The van der Waals surface area contributed by atoms with Crippen molar-refractivity contribution in [3.8, 4) is 0 Å². The molecule has 0 saturated carbocycles. The number of ether oxygens (including phenoxy) is 2. The van der Waals surface area contributed by atoms with E-state index in [0.29, 0.717) is 25.4 Å². The Morgan fingerprint density at radius 2 is 2.20 bits per heavy atom.